The lowest BCUT2D eigenvalue weighted by Crippen LogP contribution is -2.68. The Kier molecular flexibility index (Phi) is 15.4. The fourth-order valence-corrected chi connectivity index (χ4v) is 5.79. The van der Waals surface area contributed by atoms with Crippen molar-refractivity contribution in [3.63, 3.8) is 0 Å². The molecule has 7 atom stereocenters. The summed E-state index contributed by atoms with van der Waals surface area (Å²) in [7, 11) is 0. The molecule has 276 valence electrons. The summed E-state index contributed by atoms with van der Waals surface area (Å²) in [6.45, 7) is 6.29. The molecule has 50 heavy (non-hydrogen) atoms. The highest BCUT2D eigenvalue weighted by atomic mass is 32.2. The summed E-state index contributed by atoms with van der Waals surface area (Å²) in [5.74, 6) is -8.84. The van der Waals surface area contributed by atoms with E-state index in [0.717, 1.165) is 18.0 Å². The van der Waals surface area contributed by atoms with Crippen molar-refractivity contribution in [3.8, 4) is 0 Å². The molecule has 0 bridgehead atoms. The van der Waals surface area contributed by atoms with Gasteiger partial charge in [-0.15, -0.1) is 11.8 Å². The molecular weight excluding hydrogens is 676 g/mol. The second-order valence-electron chi connectivity index (χ2n) is 12.0. The maximum absolute atomic E-state index is 14.5. The SMILES string of the molecule is CC=C1NC(=O)C(NC(=O)[C@H](C)N)CC2(CSC=CNC(=O)[C@H](CC(N)=O)NC(=O)[C@H](CCC(N)=O)NC2=O)NC(=O)[C@H]([C@@H](C)CC)NC1=O. The molecule has 0 aromatic carbocycles. The van der Waals surface area contributed by atoms with Crippen LogP contribution >= 0.6 is 11.8 Å². The second kappa shape index (κ2) is 18.7. The molecule has 0 radical (unpaired) electrons. The predicted octanol–water partition coefficient (Wildman–Crippen LogP) is -3.93. The first-order valence-electron chi connectivity index (χ1n) is 15.9. The van der Waals surface area contributed by atoms with Crippen molar-refractivity contribution in [2.75, 3.05) is 5.75 Å². The van der Waals surface area contributed by atoms with Crippen LogP contribution in [0.5, 0.6) is 0 Å². The van der Waals surface area contributed by atoms with Gasteiger partial charge >= 0.3 is 0 Å². The van der Waals surface area contributed by atoms with Gasteiger partial charge in [-0.1, -0.05) is 26.3 Å². The minimum Gasteiger partial charge on any atom is -0.370 e. The van der Waals surface area contributed by atoms with E-state index in [0.29, 0.717) is 6.42 Å². The smallest absolute Gasteiger partial charge is 0.268 e. The largest absolute Gasteiger partial charge is 0.370 e. The van der Waals surface area contributed by atoms with Crippen molar-refractivity contribution < 1.29 is 43.2 Å². The van der Waals surface area contributed by atoms with Crippen LogP contribution in [-0.2, 0) is 43.2 Å². The van der Waals surface area contributed by atoms with Gasteiger partial charge in [0.1, 0.15) is 35.4 Å². The first kappa shape index (κ1) is 41.2. The molecule has 1 spiro atoms. The zero-order chi connectivity index (χ0) is 37.8. The van der Waals surface area contributed by atoms with Gasteiger partial charge in [0.15, 0.2) is 0 Å². The van der Waals surface area contributed by atoms with Gasteiger partial charge in [0.2, 0.25) is 47.3 Å². The van der Waals surface area contributed by atoms with Crippen molar-refractivity contribution in [2.24, 2.45) is 23.1 Å². The molecule has 0 aliphatic carbocycles. The summed E-state index contributed by atoms with van der Waals surface area (Å²) in [6, 6.07) is -6.99. The lowest BCUT2D eigenvalue weighted by atomic mass is 9.88. The van der Waals surface area contributed by atoms with Gasteiger partial charge in [0.25, 0.3) is 5.91 Å². The number of rotatable bonds is 9. The Morgan fingerprint density at radius 3 is 2.24 bits per heavy atom. The van der Waals surface area contributed by atoms with Gasteiger partial charge < -0.3 is 54.4 Å². The number of hydrogen-bond donors (Lipinski definition) is 10. The third-order valence-corrected chi connectivity index (χ3v) is 9.02. The van der Waals surface area contributed by atoms with E-state index in [1.165, 1.54) is 25.3 Å². The second-order valence-corrected chi connectivity index (χ2v) is 12.9. The fraction of sp³-hybridized carbons (Fsp3) is 0.567. The topological polar surface area (TPSA) is 316 Å². The Bertz CT molecular complexity index is 1440. The van der Waals surface area contributed by atoms with Crippen LogP contribution in [0.4, 0.5) is 0 Å². The summed E-state index contributed by atoms with van der Waals surface area (Å²) in [5.41, 5.74) is 14.0. The van der Waals surface area contributed by atoms with Crippen LogP contribution in [0, 0.1) is 5.92 Å². The van der Waals surface area contributed by atoms with E-state index < -0.39 is 114 Å². The molecule has 2 aliphatic heterocycles. The van der Waals surface area contributed by atoms with Crippen LogP contribution in [0.3, 0.4) is 0 Å². The Hall–Kier alpha value is -4.98. The first-order chi connectivity index (χ1) is 23.4. The average Bonchev–Trinajstić information content (AvgIpc) is 3.05. The number of nitrogens with two attached hydrogens (primary N) is 3. The minimum atomic E-state index is -2.13. The molecule has 19 nitrogen and oxygen atoms in total. The summed E-state index contributed by atoms with van der Waals surface area (Å²) >= 11 is 0.896. The van der Waals surface area contributed by atoms with Gasteiger partial charge in [-0.05, 0) is 31.6 Å². The normalized spacial score (nSPS) is 27.7. The van der Waals surface area contributed by atoms with Crippen molar-refractivity contribution in [1.82, 2.24) is 37.2 Å². The molecule has 1 saturated heterocycles. The minimum absolute atomic E-state index is 0.228. The predicted molar refractivity (Wildman–Crippen MR) is 180 cm³/mol. The van der Waals surface area contributed by atoms with Crippen LogP contribution in [-0.4, -0.2) is 94.7 Å². The summed E-state index contributed by atoms with van der Waals surface area (Å²) < 4.78 is 0. The maximum Gasteiger partial charge on any atom is 0.268 e. The summed E-state index contributed by atoms with van der Waals surface area (Å²) in [6.07, 6.45) is 0.832. The van der Waals surface area contributed by atoms with Crippen LogP contribution < -0.4 is 54.4 Å². The average molecular weight is 723 g/mol. The number of nitrogens with one attached hydrogen (secondary N) is 7. The van der Waals surface area contributed by atoms with Gasteiger partial charge in [-0.2, -0.15) is 0 Å². The van der Waals surface area contributed by atoms with E-state index in [4.69, 9.17) is 17.2 Å². The third-order valence-electron chi connectivity index (χ3n) is 8.03. The number of thioether (sulfide) groups is 1. The maximum atomic E-state index is 14.5. The molecule has 20 heteroatoms. The number of hydrogen-bond acceptors (Lipinski definition) is 11. The molecule has 1 fully saturated rings. The quantitative estimate of drug-likeness (QED) is 0.103. The Morgan fingerprint density at radius 2 is 1.66 bits per heavy atom. The van der Waals surface area contributed by atoms with Crippen molar-refractivity contribution in [3.05, 3.63) is 23.4 Å². The van der Waals surface area contributed by atoms with E-state index in [1.54, 1.807) is 13.8 Å². The van der Waals surface area contributed by atoms with E-state index in [9.17, 15) is 43.2 Å². The van der Waals surface area contributed by atoms with Crippen molar-refractivity contribution in [1.29, 1.82) is 0 Å². The monoisotopic (exact) mass is 722 g/mol. The Labute approximate surface area is 292 Å². The molecule has 2 heterocycles. The lowest BCUT2D eigenvalue weighted by molar-refractivity contribution is -0.139. The molecule has 2 rings (SSSR count). The molecule has 13 N–H and O–H groups in total. The molecule has 0 aromatic heterocycles. The highest BCUT2D eigenvalue weighted by Crippen LogP contribution is 2.25. The summed E-state index contributed by atoms with van der Waals surface area (Å²) in [4.78, 5) is 118. The van der Waals surface area contributed by atoms with Crippen LogP contribution in [0.2, 0.25) is 0 Å². The van der Waals surface area contributed by atoms with Crippen molar-refractivity contribution >= 4 is 64.9 Å². The molecule has 9 amide bonds. The highest BCUT2D eigenvalue weighted by Gasteiger charge is 2.47. The number of allylic oxidation sites excluding steroid dienone is 1. The van der Waals surface area contributed by atoms with Gasteiger partial charge in [0.05, 0.1) is 12.5 Å². The molecule has 0 saturated carbocycles. The molecule has 2 aliphatic rings. The zero-order valence-electron chi connectivity index (χ0n) is 28.3. The van der Waals surface area contributed by atoms with Crippen LogP contribution in [0.25, 0.3) is 0 Å². The van der Waals surface area contributed by atoms with E-state index in [1.807, 2.05) is 0 Å². The van der Waals surface area contributed by atoms with E-state index in [2.05, 4.69) is 37.2 Å². The van der Waals surface area contributed by atoms with Crippen LogP contribution in [0.1, 0.15) is 59.8 Å². The van der Waals surface area contributed by atoms with E-state index >= 15 is 0 Å². The standard InChI is InChI=1S/C30H46N10O9S/c1-5-14(3)22-28(48)40-30(12-19(37-23(43)15(4)31)27(47)35-16(6-2)25(45)39-22)13-50-10-9-34-24(44)18(11-21(33)42)36-26(46)17(38-29(30)49)7-8-20(32)41/h6,9-10,14-15,17-19,22H,5,7-8,11-13,31H2,1-4H3,(H2,32,41)(H2,33,42)(H,34,44)(H,35,47)(H,36,46)(H,37,43)(H,38,49)(H,39,45)(H,40,48)/t14-,15-,17-,18-,19?,22-,30?/m0/s1. The van der Waals surface area contributed by atoms with Crippen molar-refractivity contribution in [2.45, 2.75) is 95.5 Å². The van der Waals surface area contributed by atoms with E-state index in [-0.39, 0.29) is 17.9 Å². The van der Waals surface area contributed by atoms with Gasteiger partial charge in [0, 0.05) is 24.8 Å². The Balaban J connectivity index is 2.83. The lowest BCUT2D eigenvalue weighted by Gasteiger charge is -2.38. The third kappa shape index (κ3) is 11.6. The van der Waals surface area contributed by atoms with Gasteiger partial charge in [-0.3, -0.25) is 43.2 Å². The molecule has 0 aromatic rings. The molecule has 2 unspecified atom stereocenters. The number of amides is 9. The number of carbonyl (C=O) groups is 9. The highest BCUT2D eigenvalue weighted by molar-refractivity contribution is 8.02. The first-order valence-corrected chi connectivity index (χ1v) is 16.9. The zero-order valence-corrected chi connectivity index (χ0v) is 29.1. The number of primary amides is 2. The Morgan fingerprint density at radius 1 is 0.980 bits per heavy atom. The fourth-order valence-electron chi connectivity index (χ4n) is 4.93. The molecular formula is C30H46N10O9S. The summed E-state index contributed by atoms with van der Waals surface area (Å²) in [5, 5.41) is 18.8. The number of carbonyl (C=O) groups excluding carboxylic acids is 9. The van der Waals surface area contributed by atoms with Crippen LogP contribution in [0.15, 0.2) is 23.4 Å². The van der Waals surface area contributed by atoms with Gasteiger partial charge in [-0.25, -0.2) is 0 Å².